The van der Waals surface area contributed by atoms with Crippen LogP contribution >= 0.6 is 11.6 Å². The lowest BCUT2D eigenvalue weighted by Gasteiger charge is -2.07. The maximum Gasteiger partial charge on any atom is 0.346 e. The molecule has 0 aliphatic heterocycles. The Morgan fingerprint density at radius 3 is 2.71 bits per heavy atom. The van der Waals surface area contributed by atoms with Gasteiger partial charge < -0.3 is 14.5 Å². The molecular formula is C19H16ClNO3. The lowest BCUT2D eigenvalue weighted by molar-refractivity contribution is 0.289. The van der Waals surface area contributed by atoms with E-state index in [4.69, 9.17) is 20.8 Å². The molecule has 0 aliphatic carbocycles. The molecule has 0 saturated heterocycles. The van der Waals surface area contributed by atoms with E-state index in [0.29, 0.717) is 22.3 Å². The van der Waals surface area contributed by atoms with Gasteiger partial charge in [0.25, 0.3) is 0 Å². The van der Waals surface area contributed by atoms with E-state index in [1.807, 2.05) is 48.6 Å². The van der Waals surface area contributed by atoms with Crippen molar-refractivity contribution in [3.63, 3.8) is 0 Å². The second-order valence-corrected chi connectivity index (χ2v) is 5.53. The third-order valence-corrected chi connectivity index (χ3v) is 3.92. The molecule has 0 aliphatic rings. The largest absolute Gasteiger partial charge is 0.467 e. The number of methoxy groups -OCH3 is 1. The summed E-state index contributed by atoms with van der Waals surface area (Å²) in [6.07, 6.45) is 4.05. The van der Waals surface area contributed by atoms with Crippen molar-refractivity contribution in [3.05, 3.63) is 75.6 Å². The molecule has 4 nitrogen and oxygen atoms in total. The van der Waals surface area contributed by atoms with Crippen LogP contribution in [-0.4, -0.2) is 13.7 Å². The second-order valence-electron chi connectivity index (χ2n) is 5.15. The summed E-state index contributed by atoms with van der Waals surface area (Å²) in [7, 11) is 1.41. The van der Waals surface area contributed by atoms with Gasteiger partial charge in [-0.25, -0.2) is 4.79 Å². The highest BCUT2D eigenvalue weighted by Crippen LogP contribution is 2.31. The zero-order chi connectivity index (χ0) is 16.9. The average molecular weight is 342 g/mol. The minimum Gasteiger partial charge on any atom is -0.467 e. The Kier molecular flexibility index (Phi) is 4.87. The standard InChI is InChI=1S/C19H16ClNO3/c1-23-19-17(20)15-10-9-14(12-16(15)18(22)24-19)21-11-5-8-13-6-3-2-4-7-13/h2-10,12,21H,11H2,1H3/b8-5-. The number of anilines is 1. The molecule has 3 aromatic rings. The number of nitrogens with one attached hydrogen (secondary N) is 1. The average Bonchev–Trinajstić information content (AvgIpc) is 2.62. The summed E-state index contributed by atoms with van der Waals surface area (Å²) in [6.45, 7) is 0.635. The van der Waals surface area contributed by atoms with Gasteiger partial charge in [-0.2, -0.15) is 0 Å². The predicted octanol–water partition coefficient (Wildman–Crippen LogP) is 4.58. The second kappa shape index (κ2) is 7.23. The van der Waals surface area contributed by atoms with Crippen molar-refractivity contribution in [1.29, 1.82) is 0 Å². The van der Waals surface area contributed by atoms with Crippen LogP contribution in [0.1, 0.15) is 5.56 Å². The Morgan fingerprint density at radius 2 is 1.96 bits per heavy atom. The van der Waals surface area contributed by atoms with Crippen LogP contribution in [-0.2, 0) is 0 Å². The number of fused-ring (bicyclic) bond motifs is 1. The van der Waals surface area contributed by atoms with Gasteiger partial charge in [0.1, 0.15) is 5.02 Å². The number of rotatable bonds is 5. The fraction of sp³-hybridized carbons (Fsp3) is 0.105. The molecule has 0 fully saturated rings. The zero-order valence-electron chi connectivity index (χ0n) is 13.1. The van der Waals surface area contributed by atoms with E-state index in [0.717, 1.165) is 11.3 Å². The van der Waals surface area contributed by atoms with Crippen molar-refractivity contribution in [1.82, 2.24) is 0 Å². The van der Waals surface area contributed by atoms with Gasteiger partial charge in [0.05, 0.1) is 12.5 Å². The lowest BCUT2D eigenvalue weighted by atomic mass is 10.1. The molecule has 0 spiro atoms. The molecule has 2 aromatic carbocycles. The van der Waals surface area contributed by atoms with E-state index >= 15 is 0 Å². The molecule has 0 saturated carbocycles. The van der Waals surface area contributed by atoms with Crippen molar-refractivity contribution >= 4 is 34.1 Å². The fourth-order valence-corrected chi connectivity index (χ4v) is 2.66. The van der Waals surface area contributed by atoms with E-state index < -0.39 is 5.63 Å². The van der Waals surface area contributed by atoms with Gasteiger partial charge >= 0.3 is 11.6 Å². The van der Waals surface area contributed by atoms with E-state index in [-0.39, 0.29) is 5.95 Å². The van der Waals surface area contributed by atoms with Crippen LogP contribution in [0.4, 0.5) is 5.69 Å². The van der Waals surface area contributed by atoms with Crippen molar-refractivity contribution in [2.45, 2.75) is 0 Å². The lowest BCUT2D eigenvalue weighted by Crippen LogP contribution is -2.04. The Bertz CT molecular complexity index is 932. The van der Waals surface area contributed by atoms with Gasteiger partial charge in [-0.3, -0.25) is 0 Å². The number of halogens is 1. The van der Waals surface area contributed by atoms with Gasteiger partial charge in [0.15, 0.2) is 0 Å². The molecule has 122 valence electrons. The van der Waals surface area contributed by atoms with Crippen LogP contribution in [0.5, 0.6) is 5.95 Å². The van der Waals surface area contributed by atoms with Crippen molar-refractivity contribution in [2.24, 2.45) is 0 Å². The van der Waals surface area contributed by atoms with E-state index in [1.165, 1.54) is 7.11 Å². The Balaban J connectivity index is 1.78. The quantitative estimate of drug-likeness (QED) is 0.738. The molecule has 5 heteroatoms. The first kappa shape index (κ1) is 16.1. The van der Waals surface area contributed by atoms with E-state index in [2.05, 4.69) is 5.32 Å². The number of hydrogen-bond acceptors (Lipinski definition) is 4. The van der Waals surface area contributed by atoms with Crippen LogP contribution in [0.2, 0.25) is 5.02 Å². The third-order valence-electron chi connectivity index (χ3n) is 3.56. The van der Waals surface area contributed by atoms with Gasteiger partial charge in [-0.15, -0.1) is 0 Å². The van der Waals surface area contributed by atoms with Crippen molar-refractivity contribution in [3.8, 4) is 5.95 Å². The van der Waals surface area contributed by atoms with Crippen LogP contribution in [0, 0.1) is 0 Å². The SMILES string of the molecule is COc1oc(=O)c2cc(NC/C=C\c3ccccc3)ccc2c1Cl. The van der Waals surface area contributed by atoms with Gasteiger partial charge in [0.2, 0.25) is 0 Å². The minimum absolute atomic E-state index is 0.0284. The van der Waals surface area contributed by atoms with E-state index in [9.17, 15) is 4.79 Å². The number of hydrogen-bond donors (Lipinski definition) is 1. The first-order chi connectivity index (χ1) is 11.7. The van der Waals surface area contributed by atoms with Crippen molar-refractivity contribution < 1.29 is 9.15 Å². The molecular weight excluding hydrogens is 326 g/mol. The number of benzene rings is 2. The molecule has 0 unspecified atom stereocenters. The van der Waals surface area contributed by atoms with Crippen molar-refractivity contribution in [2.75, 3.05) is 19.0 Å². The maximum absolute atomic E-state index is 12.0. The summed E-state index contributed by atoms with van der Waals surface area (Å²) >= 11 is 6.17. The number of ether oxygens (including phenoxy) is 1. The third kappa shape index (κ3) is 3.44. The zero-order valence-corrected chi connectivity index (χ0v) is 13.8. The molecule has 0 bridgehead atoms. The summed E-state index contributed by atoms with van der Waals surface area (Å²) in [5.41, 5.74) is 1.47. The monoisotopic (exact) mass is 341 g/mol. The Hall–Kier alpha value is -2.72. The van der Waals surface area contributed by atoms with E-state index in [1.54, 1.807) is 12.1 Å². The smallest absolute Gasteiger partial charge is 0.346 e. The summed E-state index contributed by atoms with van der Waals surface area (Å²) in [5, 5.41) is 4.56. The normalized spacial score (nSPS) is 11.1. The summed E-state index contributed by atoms with van der Waals surface area (Å²) < 4.78 is 10.0. The molecule has 0 amide bonds. The molecule has 24 heavy (non-hydrogen) atoms. The predicted molar refractivity (Wildman–Crippen MR) is 98.0 cm³/mol. The minimum atomic E-state index is -0.477. The molecule has 3 rings (SSSR count). The molecule has 0 atom stereocenters. The van der Waals surface area contributed by atoms with Crippen LogP contribution in [0.3, 0.4) is 0 Å². The fourth-order valence-electron chi connectivity index (χ4n) is 2.38. The van der Waals surface area contributed by atoms with Gasteiger partial charge in [0, 0.05) is 17.6 Å². The van der Waals surface area contributed by atoms with Gasteiger partial charge in [-0.05, 0) is 17.7 Å². The molecule has 1 aromatic heterocycles. The molecule has 1 heterocycles. The summed E-state index contributed by atoms with van der Waals surface area (Å²) in [4.78, 5) is 12.0. The Labute approximate surface area is 144 Å². The maximum atomic E-state index is 12.0. The molecule has 0 radical (unpaired) electrons. The first-order valence-electron chi connectivity index (χ1n) is 7.45. The first-order valence-corrected chi connectivity index (χ1v) is 7.82. The Morgan fingerprint density at radius 1 is 1.17 bits per heavy atom. The highest BCUT2D eigenvalue weighted by Gasteiger charge is 2.12. The molecule has 1 N–H and O–H groups in total. The highest BCUT2D eigenvalue weighted by atomic mass is 35.5. The summed E-state index contributed by atoms with van der Waals surface area (Å²) in [5.74, 6) is 0.0284. The van der Waals surface area contributed by atoms with Gasteiger partial charge in [-0.1, -0.05) is 60.2 Å². The summed E-state index contributed by atoms with van der Waals surface area (Å²) in [6, 6.07) is 15.4. The topological polar surface area (TPSA) is 51.5 Å². The van der Waals surface area contributed by atoms with Crippen LogP contribution in [0.25, 0.3) is 16.8 Å². The van der Waals surface area contributed by atoms with Crippen LogP contribution < -0.4 is 15.7 Å². The van der Waals surface area contributed by atoms with Crippen LogP contribution in [0.15, 0.2) is 63.8 Å². The highest BCUT2D eigenvalue weighted by molar-refractivity contribution is 6.36.